The number of carbonyl (C=O) groups is 1. The average molecular weight is 274 g/mol. The van der Waals surface area contributed by atoms with E-state index >= 15 is 0 Å². The third kappa shape index (κ3) is 2.20. The van der Waals surface area contributed by atoms with Crippen molar-refractivity contribution >= 4 is 16.7 Å². The summed E-state index contributed by atoms with van der Waals surface area (Å²) in [6.45, 7) is 3.42. The zero-order valence-electron chi connectivity index (χ0n) is 11.8. The van der Waals surface area contributed by atoms with Crippen LogP contribution in [0.4, 0.5) is 0 Å². The second-order valence-electron chi connectivity index (χ2n) is 5.01. The van der Waals surface area contributed by atoms with Gasteiger partial charge in [-0.25, -0.2) is 0 Å². The first kappa shape index (κ1) is 14.3. The number of ether oxygens (including phenoxy) is 1. The minimum absolute atomic E-state index is 0.0157. The maximum absolute atomic E-state index is 12.5. The lowest BCUT2D eigenvalue weighted by molar-refractivity contribution is 0.0893. The Labute approximate surface area is 116 Å². The molecule has 5 nitrogen and oxygen atoms in total. The minimum Gasteiger partial charge on any atom is -0.495 e. The summed E-state index contributed by atoms with van der Waals surface area (Å²) >= 11 is 0. The molecule has 1 aromatic heterocycles. The quantitative estimate of drug-likeness (QED) is 0.833. The minimum atomic E-state index is -1.09. The molecule has 0 spiro atoms. The van der Waals surface area contributed by atoms with Crippen molar-refractivity contribution in [1.82, 2.24) is 4.98 Å². The number of benzene rings is 1. The Kier molecular flexibility index (Phi) is 3.63. The van der Waals surface area contributed by atoms with Crippen molar-refractivity contribution in [2.75, 3.05) is 7.11 Å². The van der Waals surface area contributed by atoms with Crippen molar-refractivity contribution in [2.24, 2.45) is 5.73 Å². The van der Waals surface area contributed by atoms with E-state index in [-0.39, 0.29) is 11.3 Å². The predicted molar refractivity (Wildman–Crippen MR) is 78.3 cm³/mol. The molecule has 0 fully saturated rings. The molecule has 1 atom stereocenters. The van der Waals surface area contributed by atoms with Gasteiger partial charge >= 0.3 is 0 Å². The number of nitrogens with one attached hydrogen (secondary N) is 1. The molecule has 3 N–H and O–H groups in total. The average Bonchev–Trinajstić information content (AvgIpc) is 2.44. The van der Waals surface area contributed by atoms with E-state index < -0.39 is 16.9 Å². The first-order valence-electron chi connectivity index (χ1n) is 6.45. The molecule has 0 bridgehead atoms. The smallest absolute Gasteiger partial charge is 0.263 e. The molecular weight excluding hydrogens is 256 g/mol. The van der Waals surface area contributed by atoms with Gasteiger partial charge < -0.3 is 15.5 Å². The zero-order chi connectivity index (χ0) is 14.9. The van der Waals surface area contributed by atoms with Gasteiger partial charge in [0.25, 0.3) is 5.56 Å². The summed E-state index contributed by atoms with van der Waals surface area (Å²) in [5.41, 5.74) is 5.01. The van der Waals surface area contributed by atoms with Crippen LogP contribution >= 0.6 is 0 Å². The number of H-pyrrole nitrogens is 1. The Hall–Kier alpha value is -2.14. The summed E-state index contributed by atoms with van der Waals surface area (Å²) in [5, 5.41) is 0.685. The molecule has 0 aliphatic carbocycles. The third-order valence-corrected chi connectivity index (χ3v) is 3.56. The molecule has 2 rings (SSSR count). The van der Waals surface area contributed by atoms with E-state index in [1.165, 1.54) is 7.11 Å². The largest absolute Gasteiger partial charge is 0.495 e. The monoisotopic (exact) mass is 274 g/mol. The van der Waals surface area contributed by atoms with E-state index in [0.717, 1.165) is 0 Å². The molecule has 106 valence electrons. The molecule has 5 heteroatoms. The molecule has 0 saturated carbocycles. The van der Waals surface area contributed by atoms with Crippen LogP contribution in [0.15, 0.2) is 29.1 Å². The van der Waals surface area contributed by atoms with E-state index in [4.69, 9.17) is 10.5 Å². The molecule has 1 aromatic carbocycles. The Balaban J connectivity index is 2.80. The number of hydrogen-bond donors (Lipinski definition) is 2. The highest BCUT2D eigenvalue weighted by Crippen LogP contribution is 2.28. The van der Waals surface area contributed by atoms with Crippen molar-refractivity contribution in [2.45, 2.75) is 25.8 Å². The SMILES string of the molecule is CC[C@@](C)(N)C(=O)c1c(OC)c2ccccc2[nH]c1=O. The van der Waals surface area contributed by atoms with Gasteiger partial charge in [-0.3, -0.25) is 9.59 Å². The van der Waals surface area contributed by atoms with Crippen molar-refractivity contribution in [3.05, 3.63) is 40.2 Å². The Morgan fingerprint density at radius 1 is 1.40 bits per heavy atom. The van der Waals surface area contributed by atoms with Gasteiger partial charge in [-0.2, -0.15) is 0 Å². The lowest BCUT2D eigenvalue weighted by Gasteiger charge is -2.22. The molecule has 20 heavy (non-hydrogen) atoms. The number of nitrogens with two attached hydrogens (primary N) is 1. The predicted octanol–water partition coefficient (Wildman–Crippen LogP) is 1.85. The van der Waals surface area contributed by atoms with Gasteiger partial charge in [0.05, 0.1) is 18.2 Å². The number of Topliss-reactive ketones (excluding diaryl/α,β-unsaturated/α-hetero) is 1. The van der Waals surface area contributed by atoms with Crippen molar-refractivity contribution in [3.63, 3.8) is 0 Å². The number of fused-ring (bicyclic) bond motifs is 1. The number of ketones is 1. The van der Waals surface area contributed by atoms with E-state index in [1.54, 1.807) is 32.0 Å². The second-order valence-corrected chi connectivity index (χ2v) is 5.01. The summed E-state index contributed by atoms with van der Waals surface area (Å²) in [4.78, 5) is 27.4. The summed E-state index contributed by atoms with van der Waals surface area (Å²) in [7, 11) is 1.44. The first-order valence-corrected chi connectivity index (χ1v) is 6.45. The van der Waals surface area contributed by atoms with Gasteiger partial charge in [-0.05, 0) is 25.5 Å². The Morgan fingerprint density at radius 3 is 2.65 bits per heavy atom. The Bertz CT molecular complexity index is 717. The number of carbonyl (C=O) groups excluding carboxylic acids is 1. The maximum atomic E-state index is 12.5. The van der Waals surface area contributed by atoms with E-state index in [0.29, 0.717) is 17.3 Å². The summed E-state index contributed by atoms with van der Waals surface area (Å²) < 4.78 is 5.30. The normalized spacial score (nSPS) is 14.0. The molecule has 0 radical (unpaired) electrons. The molecule has 2 aromatic rings. The van der Waals surface area contributed by atoms with Crippen LogP contribution in [0.1, 0.15) is 30.6 Å². The van der Waals surface area contributed by atoms with Gasteiger partial charge in [0.1, 0.15) is 11.3 Å². The van der Waals surface area contributed by atoms with Crippen LogP contribution in [0.25, 0.3) is 10.9 Å². The number of aromatic amines is 1. The Morgan fingerprint density at radius 2 is 2.05 bits per heavy atom. The van der Waals surface area contributed by atoms with E-state index in [1.807, 2.05) is 6.07 Å². The van der Waals surface area contributed by atoms with Crippen LogP contribution in [-0.4, -0.2) is 23.4 Å². The lowest BCUT2D eigenvalue weighted by Crippen LogP contribution is -2.46. The third-order valence-electron chi connectivity index (χ3n) is 3.56. The van der Waals surface area contributed by atoms with Gasteiger partial charge in [-0.15, -0.1) is 0 Å². The van der Waals surface area contributed by atoms with Crippen molar-refractivity contribution < 1.29 is 9.53 Å². The standard InChI is InChI=1S/C15H18N2O3/c1-4-15(2,16)13(18)11-12(20-3)9-7-5-6-8-10(9)17-14(11)19/h5-8H,4,16H2,1-3H3,(H,17,19)/t15-/m1/s1. The summed E-state index contributed by atoms with van der Waals surface area (Å²) in [5.74, 6) is -0.136. The topological polar surface area (TPSA) is 85.2 Å². The lowest BCUT2D eigenvalue weighted by atomic mass is 9.89. The van der Waals surface area contributed by atoms with E-state index in [2.05, 4.69) is 4.98 Å². The zero-order valence-corrected chi connectivity index (χ0v) is 11.8. The van der Waals surface area contributed by atoms with Crippen LogP contribution in [-0.2, 0) is 0 Å². The highest BCUT2D eigenvalue weighted by atomic mass is 16.5. The van der Waals surface area contributed by atoms with Crippen LogP contribution < -0.4 is 16.0 Å². The van der Waals surface area contributed by atoms with Crippen molar-refractivity contribution in [1.29, 1.82) is 0 Å². The molecule has 0 amide bonds. The summed E-state index contributed by atoms with van der Waals surface area (Å²) in [6, 6.07) is 7.17. The fraction of sp³-hybridized carbons (Fsp3) is 0.333. The molecule has 0 unspecified atom stereocenters. The number of aromatic nitrogens is 1. The van der Waals surface area contributed by atoms with Gasteiger partial charge in [-0.1, -0.05) is 19.1 Å². The second kappa shape index (κ2) is 5.09. The molecule has 1 heterocycles. The molecule has 0 aliphatic rings. The maximum Gasteiger partial charge on any atom is 0.263 e. The van der Waals surface area contributed by atoms with E-state index in [9.17, 15) is 9.59 Å². The van der Waals surface area contributed by atoms with Crippen LogP contribution in [0.2, 0.25) is 0 Å². The molecular formula is C15H18N2O3. The fourth-order valence-corrected chi connectivity index (χ4v) is 2.08. The summed E-state index contributed by atoms with van der Waals surface area (Å²) in [6.07, 6.45) is 0.432. The number of rotatable bonds is 4. The van der Waals surface area contributed by atoms with Gasteiger partial charge in [0, 0.05) is 5.39 Å². The number of para-hydroxylation sites is 1. The fourth-order valence-electron chi connectivity index (χ4n) is 2.08. The van der Waals surface area contributed by atoms with Crippen LogP contribution in [0.5, 0.6) is 5.75 Å². The van der Waals surface area contributed by atoms with Crippen LogP contribution in [0, 0.1) is 0 Å². The van der Waals surface area contributed by atoms with Crippen molar-refractivity contribution in [3.8, 4) is 5.75 Å². The first-order chi connectivity index (χ1) is 9.42. The highest BCUT2D eigenvalue weighted by Gasteiger charge is 2.32. The number of methoxy groups -OCH3 is 1. The number of pyridine rings is 1. The van der Waals surface area contributed by atoms with Gasteiger partial charge in [0.15, 0.2) is 5.78 Å². The van der Waals surface area contributed by atoms with Crippen LogP contribution in [0.3, 0.4) is 0 Å². The molecule has 0 saturated heterocycles. The van der Waals surface area contributed by atoms with Gasteiger partial charge in [0.2, 0.25) is 0 Å². The molecule has 0 aliphatic heterocycles. The number of hydrogen-bond acceptors (Lipinski definition) is 4. The highest BCUT2D eigenvalue weighted by molar-refractivity contribution is 6.08.